The van der Waals surface area contributed by atoms with E-state index in [0.717, 1.165) is 0 Å². The standard InChI is InChI=1S/C14H19FO3/c1-14(2,18-4)8-7-12(16)10-5-6-13(17-3)11(15)9-10/h5-6,9H,7-8H2,1-4H3. The first kappa shape index (κ1) is 14.6. The van der Waals surface area contributed by atoms with Crippen molar-refractivity contribution in [2.75, 3.05) is 14.2 Å². The summed E-state index contributed by atoms with van der Waals surface area (Å²) in [5.41, 5.74) is 0.0147. The van der Waals surface area contributed by atoms with E-state index < -0.39 is 5.82 Å². The van der Waals surface area contributed by atoms with E-state index in [-0.39, 0.29) is 17.1 Å². The highest BCUT2D eigenvalue weighted by molar-refractivity contribution is 5.96. The molecule has 0 saturated heterocycles. The lowest BCUT2D eigenvalue weighted by Crippen LogP contribution is -2.23. The van der Waals surface area contributed by atoms with Crippen LogP contribution in [0.1, 0.15) is 37.0 Å². The Labute approximate surface area is 107 Å². The summed E-state index contributed by atoms with van der Waals surface area (Å²) in [5.74, 6) is -0.472. The topological polar surface area (TPSA) is 35.5 Å². The molecule has 0 radical (unpaired) electrons. The number of carbonyl (C=O) groups is 1. The molecule has 0 N–H and O–H groups in total. The Balaban J connectivity index is 2.71. The number of hydrogen-bond donors (Lipinski definition) is 0. The van der Waals surface area contributed by atoms with Gasteiger partial charge in [-0.15, -0.1) is 0 Å². The van der Waals surface area contributed by atoms with Crippen LogP contribution in [0.4, 0.5) is 4.39 Å². The molecule has 0 atom stereocenters. The summed E-state index contributed by atoms with van der Waals surface area (Å²) >= 11 is 0. The summed E-state index contributed by atoms with van der Waals surface area (Å²) in [6.45, 7) is 3.82. The number of rotatable bonds is 6. The summed E-state index contributed by atoms with van der Waals surface area (Å²) in [7, 11) is 3.00. The number of halogens is 1. The van der Waals surface area contributed by atoms with Crippen molar-refractivity contribution in [1.29, 1.82) is 0 Å². The zero-order valence-corrected chi connectivity index (χ0v) is 11.2. The van der Waals surface area contributed by atoms with Gasteiger partial charge in [0.15, 0.2) is 17.3 Å². The molecule has 1 rings (SSSR count). The number of benzene rings is 1. The fourth-order valence-corrected chi connectivity index (χ4v) is 1.50. The van der Waals surface area contributed by atoms with Crippen LogP contribution in [0.3, 0.4) is 0 Å². The SMILES string of the molecule is COc1ccc(C(=O)CCC(C)(C)OC)cc1F. The van der Waals surface area contributed by atoms with Crippen molar-refractivity contribution in [1.82, 2.24) is 0 Å². The number of carbonyl (C=O) groups excluding carboxylic acids is 1. The highest BCUT2D eigenvalue weighted by Gasteiger charge is 2.19. The van der Waals surface area contributed by atoms with Crippen molar-refractivity contribution in [2.45, 2.75) is 32.3 Å². The van der Waals surface area contributed by atoms with Crippen LogP contribution in [0.25, 0.3) is 0 Å². The first-order valence-electron chi connectivity index (χ1n) is 5.81. The van der Waals surface area contributed by atoms with Crippen molar-refractivity contribution < 1.29 is 18.7 Å². The fraction of sp³-hybridized carbons (Fsp3) is 0.500. The molecule has 0 unspecified atom stereocenters. The Morgan fingerprint density at radius 3 is 2.50 bits per heavy atom. The molecule has 0 fully saturated rings. The maximum Gasteiger partial charge on any atom is 0.165 e. The van der Waals surface area contributed by atoms with E-state index in [1.165, 1.54) is 19.2 Å². The predicted molar refractivity (Wildman–Crippen MR) is 67.6 cm³/mol. The number of ether oxygens (including phenoxy) is 2. The van der Waals surface area contributed by atoms with Crippen molar-refractivity contribution in [3.8, 4) is 5.75 Å². The van der Waals surface area contributed by atoms with Crippen LogP contribution in [0.5, 0.6) is 5.75 Å². The van der Waals surface area contributed by atoms with E-state index in [2.05, 4.69) is 0 Å². The molecule has 0 spiro atoms. The summed E-state index contributed by atoms with van der Waals surface area (Å²) in [6.07, 6.45) is 0.919. The van der Waals surface area contributed by atoms with Crippen LogP contribution >= 0.6 is 0 Å². The molecule has 4 heteroatoms. The van der Waals surface area contributed by atoms with Crippen LogP contribution in [-0.2, 0) is 4.74 Å². The number of methoxy groups -OCH3 is 2. The number of Topliss-reactive ketones (excluding diaryl/α,β-unsaturated/α-hetero) is 1. The quantitative estimate of drug-likeness (QED) is 0.731. The first-order valence-corrected chi connectivity index (χ1v) is 5.81. The Kier molecular flexibility index (Phi) is 4.84. The Morgan fingerprint density at radius 2 is 2.00 bits per heavy atom. The molecule has 0 aliphatic heterocycles. The Hall–Kier alpha value is -1.42. The van der Waals surface area contributed by atoms with Gasteiger partial charge in [-0.25, -0.2) is 4.39 Å². The smallest absolute Gasteiger partial charge is 0.165 e. The van der Waals surface area contributed by atoms with Crippen LogP contribution < -0.4 is 4.74 Å². The average Bonchev–Trinajstić information content (AvgIpc) is 2.36. The highest BCUT2D eigenvalue weighted by Crippen LogP contribution is 2.21. The van der Waals surface area contributed by atoms with Crippen molar-refractivity contribution in [3.63, 3.8) is 0 Å². The first-order chi connectivity index (χ1) is 8.39. The minimum absolute atomic E-state index is 0.0957. The van der Waals surface area contributed by atoms with Crippen molar-refractivity contribution in [3.05, 3.63) is 29.6 Å². The summed E-state index contributed by atoms with van der Waals surface area (Å²) in [4.78, 5) is 11.9. The highest BCUT2D eigenvalue weighted by atomic mass is 19.1. The van der Waals surface area contributed by atoms with Gasteiger partial charge in [-0.1, -0.05) is 0 Å². The average molecular weight is 254 g/mol. The van der Waals surface area contributed by atoms with Gasteiger partial charge in [-0.3, -0.25) is 4.79 Å². The summed E-state index contributed by atoms with van der Waals surface area (Å²) < 4.78 is 23.5. The van der Waals surface area contributed by atoms with Gasteiger partial charge in [0.05, 0.1) is 12.7 Å². The Bertz CT molecular complexity index is 427. The monoisotopic (exact) mass is 254 g/mol. The summed E-state index contributed by atoms with van der Waals surface area (Å²) in [6, 6.07) is 4.25. The van der Waals surface area contributed by atoms with E-state index in [9.17, 15) is 9.18 Å². The third-order valence-electron chi connectivity index (χ3n) is 2.98. The van der Waals surface area contributed by atoms with Gasteiger partial charge in [-0.2, -0.15) is 0 Å². The van der Waals surface area contributed by atoms with Crippen LogP contribution in [0, 0.1) is 5.82 Å². The van der Waals surface area contributed by atoms with Gasteiger partial charge in [-0.05, 0) is 38.5 Å². The normalized spacial score (nSPS) is 11.4. The van der Waals surface area contributed by atoms with E-state index in [0.29, 0.717) is 18.4 Å². The second kappa shape index (κ2) is 5.96. The van der Waals surface area contributed by atoms with E-state index in [4.69, 9.17) is 9.47 Å². The van der Waals surface area contributed by atoms with E-state index in [1.807, 2.05) is 13.8 Å². The zero-order chi connectivity index (χ0) is 13.8. The van der Waals surface area contributed by atoms with Crippen molar-refractivity contribution in [2.24, 2.45) is 0 Å². The second-order valence-corrected chi connectivity index (χ2v) is 4.74. The molecule has 0 aliphatic rings. The molecule has 1 aromatic rings. The molecule has 0 bridgehead atoms. The minimum atomic E-state index is -0.519. The zero-order valence-electron chi connectivity index (χ0n) is 11.2. The second-order valence-electron chi connectivity index (χ2n) is 4.74. The lowest BCUT2D eigenvalue weighted by molar-refractivity contribution is 0.0141. The third-order valence-corrected chi connectivity index (χ3v) is 2.98. The lowest BCUT2D eigenvalue weighted by atomic mass is 9.97. The van der Waals surface area contributed by atoms with Crippen LogP contribution in [0.15, 0.2) is 18.2 Å². The predicted octanol–water partition coefficient (Wildman–Crippen LogP) is 3.22. The largest absolute Gasteiger partial charge is 0.494 e. The molecule has 1 aromatic carbocycles. The van der Waals surface area contributed by atoms with Gasteiger partial charge in [0.2, 0.25) is 0 Å². The number of ketones is 1. The molecule has 0 heterocycles. The maximum atomic E-state index is 13.4. The number of hydrogen-bond acceptors (Lipinski definition) is 3. The van der Waals surface area contributed by atoms with E-state index in [1.54, 1.807) is 13.2 Å². The van der Waals surface area contributed by atoms with Gasteiger partial charge in [0.1, 0.15) is 0 Å². The van der Waals surface area contributed by atoms with Crippen LogP contribution in [0.2, 0.25) is 0 Å². The molecule has 18 heavy (non-hydrogen) atoms. The molecule has 0 amide bonds. The molecule has 0 saturated carbocycles. The van der Waals surface area contributed by atoms with Gasteiger partial charge in [0, 0.05) is 19.1 Å². The molecule has 100 valence electrons. The maximum absolute atomic E-state index is 13.4. The fourth-order valence-electron chi connectivity index (χ4n) is 1.50. The third kappa shape index (κ3) is 3.81. The van der Waals surface area contributed by atoms with Gasteiger partial charge in [0.25, 0.3) is 0 Å². The molecular weight excluding hydrogens is 235 g/mol. The molecule has 0 aromatic heterocycles. The molecule has 0 aliphatic carbocycles. The molecule has 3 nitrogen and oxygen atoms in total. The van der Waals surface area contributed by atoms with E-state index >= 15 is 0 Å². The lowest BCUT2D eigenvalue weighted by Gasteiger charge is -2.22. The van der Waals surface area contributed by atoms with Crippen LogP contribution in [-0.4, -0.2) is 25.6 Å². The van der Waals surface area contributed by atoms with Gasteiger partial charge < -0.3 is 9.47 Å². The van der Waals surface area contributed by atoms with Gasteiger partial charge >= 0.3 is 0 Å². The van der Waals surface area contributed by atoms with Crippen molar-refractivity contribution >= 4 is 5.78 Å². The summed E-state index contributed by atoms with van der Waals surface area (Å²) in [5, 5.41) is 0. The Morgan fingerprint density at radius 1 is 1.33 bits per heavy atom. The minimum Gasteiger partial charge on any atom is -0.494 e. The molecular formula is C14H19FO3.